The van der Waals surface area contributed by atoms with Gasteiger partial charge in [-0.2, -0.15) is 0 Å². The summed E-state index contributed by atoms with van der Waals surface area (Å²) >= 11 is 0. The van der Waals surface area contributed by atoms with Gasteiger partial charge in [0.2, 0.25) is 5.91 Å². The molecule has 1 aliphatic rings. The molecule has 0 bridgehead atoms. The van der Waals surface area contributed by atoms with Gasteiger partial charge in [0.05, 0.1) is 6.10 Å². The summed E-state index contributed by atoms with van der Waals surface area (Å²) in [6, 6.07) is 7.47. The van der Waals surface area contributed by atoms with E-state index in [1.807, 2.05) is 43.0 Å². The molecule has 0 aromatic heterocycles. The lowest BCUT2D eigenvalue weighted by Crippen LogP contribution is -2.37. The minimum absolute atomic E-state index is 0.0372. The maximum absolute atomic E-state index is 12.0. The summed E-state index contributed by atoms with van der Waals surface area (Å²) in [7, 11) is 0. The Morgan fingerprint density at radius 1 is 1.26 bits per heavy atom. The molecule has 0 aliphatic carbocycles. The zero-order valence-corrected chi connectivity index (χ0v) is 13.9. The largest absolute Gasteiger partial charge is 0.491 e. The fourth-order valence-electron chi connectivity index (χ4n) is 2.47. The van der Waals surface area contributed by atoms with Crippen molar-refractivity contribution in [2.45, 2.75) is 39.2 Å². The fourth-order valence-corrected chi connectivity index (χ4v) is 2.47. The van der Waals surface area contributed by atoms with Gasteiger partial charge in [-0.25, -0.2) is 4.99 Å². The number of nitrogens with zero attached hydrogens (tertiary/aromatic N) is 2. The highest BCUT2D eigenvalue weighted by molar-refractivity contribution is 5.93. The quantitative estimate of drug-likeness (QED) is 0.644. The van der Waals surface area contributed by atoms with Crippen molar-refractivity contribution in [2.24, 2.45) is 10.7 Å². The van der Waals surface area contributed by atoms with Crippen molar-refractivity contribution in [1.29, 1.82) is 0 Å². The molecule has 1 saturated heterocycles. The van der Waals surface area contributed by atoms with Gasteiger partial charge in [-0.05, 0) is 57.4 Å². The molecule has 3 N–H and O–H groups in total. The number of rotatable bonds is 5. The summed E-state index contributed by atoms with van der Waals surface area (Å²) in [5.41, 5.74) is 6.65. The lowest BCUT2D eigenvalue weighted by molar-refractivity contribution is -0.130. The summed E-state index contributed by atoms with van der Waals surface area (Å²) in [6.45, 7) is 5.72. The Balaban J connectivity index is 1.82. The topological polar surface area (TPSA) is 80.0 Å². The van der Waals surface area contributed by atoms with E-state index < -0.39 is 0 Å². The number of guanidine groups is 1. The van der Waals surface area contributed by atoms with Gasteiger partial charge >= 0.3 is 0 Å². The third-order valence-electron chi connectivity index (χ3n) is 3.59. The molecule has 1 fully saturated rings. The Bertz CT molecular complexity index is 534. The number of likely N-dealkylation sites (tertiary alicyclic amines) is 1. The van der Waals surface area contributed by atoms with Crippen LogP contribution >= 0.6 is 0 Å². The van der Waals surface area contributed by atoms with Crippen LogP contribution in [0.1, 0.15) is 33.1 Å². The van der Waals surface area contributed by atoms with Crippen molar-refractivity contribution in [1.82, 2.24) is 4.90 Å². The van der Waals surface area contributed by atoms with E-state index in [9.17, 15) is 4.79 Å². The number of nitrogens with two attached hydrogens (primary N) is 1. The zero-order valence-electron chi connectivity index (χ0n) is 13.9. The number of amides is 1. The van der Waals surface area contributed by atoms with E-state index in [1.165, 1.54) is 6.42 Å². The Labute approximate surface area is 137 Å². The van der Waals surface area contributed by atoms with Gasteiger partial charge in [-0.3, -0.25) is 4.79 Å². The number of carbonyl (C=O) groups is 1. The second kappa shape index (κ2) is 8.41. The van der Waals surface area contributed by atoms with Crippen LogP contribution in [0.2, 0.25) is 0 Å². The normalized spacial score (nSPS) is 15.6. The first-order valence-electron chi connectivity index (χ1n) is 8.16. The summed E-state index contributed by atoms with van der Waals surface area (Å²) in [6.07, 6.45) is 3.50. The summed E-state index contributed by atoms with van der Waals surface area (Å²) in [4.78, 5) is 18.0. The molecule has 0 saturated carbocycles. The van der Waals surface area contributed by atoms with E-state index in [0.29, 0.717) is 0 Å². The molecule has 126 valence electrons. The molecule has 2 rings (SSSR count). The van der Waals surface area contributed by atoms with E-state index in [1.54, 1.807) is 0 Å². The molecule has 6 nitrogen and oxygen atoms in total. The van der Waals surface area contributed by atoms with Crippen LogP contribution in [0.5, 0.6) is 5.75 Å². The predicted molar refractivity (Wildman–Crippen MR) is 92.7 cm³/mol. The molecule has 1 aromatic rings. The van der Waals surface area contributed by atoms with Gasteiger partial charge in [0.15, 0.2) is 5.96 Å². The van der Waals surface area contributed by atoms with Crippen LogP contribution in [0.15, 0.2) is 29.3 Å². The SMILES string of the molecule is CC(C)Oc1ccc(NC(N)=NCC(=O)N2CCCCC2)cc1. The number of anilines is 1. The standard InChI is InChI=1S/C17H26N4O2/c1-13(2)23-15-8-6-14(7-9-15)20-17(18)19-12-16(22)21-10-4-3-5-11-21/h6-9,13H,3-5,10-12H2,1-2H3,(H3,18,19,20). The molecule has 1 amide bonds. The Morgan fingerprint density at radius 3 is 2.52 bits per heavy atom. The van der Waals surface area contributed by atoms with Gasteiger partial charge in [0.1, 0.15) is 12.3 Å². The van der Waals surface area contributed by atoms with Gasteiger partial charge < -0.3 is 20.7 Å². The van der Waals surface area contributed by atoms with Crippen molar-refractivity contribution in [2.75, 3.05) is 25.0 Å². The van der Waals surface area contributed by atoms with Crippen LogP contribution in [0, 0.1) is 0 Å². The Hall–Kier alpha value is -2.24. The van der Waals surface area contributed by atoms with Crippen LogP contribution in [0.4, 0.5) is 5.69 Å². The lowest BCUT2D eigenvalue weighted by Gasteiger charge is -2.26. The number of piperidine rings is 1. The van der Waals surface area contributed by atoms with E-state index in [2.05, 4.69) is 10.3 Å². The Kier molecular flexibility index (Phi) is 6.26. The number of nitrogens with one attached hydrogen (secondary N) is 1. The summed E-state index contributed by atoms with van der Waals surface area (Å²) < 4.78 is 5.58. The number of ether oxygens (including phenoxy) is 1. The van der Waals surface area contributed by atoms with Gasteiger partial charge in [0, 0.05) is 18.8 Å². The first-order valence-corrected chi connectivity index (χ1v) is 8.16. The molecule has 0 radical (unpaired) electrons. The third kappa shape index (κ3) is 5.81. The van der Waals surface area contributed by atoms with E-state index >= 15 is 0 Å². The van der Waals surface area contributed by atoms with Crippen molar-refractivity contribution < 1.29 is 9.53 Å². The number of aliphatic imine (C=N–C) groups is 1. The molecule has 1 heterocycles. The van der Waals surface area contributed by atoms with E-state index in [0.717, 1.165) is 37.4 Å². The first-order chi connectivity index (χ1) is 11.0. The molecular formula is C17H26N4O2. The van der Waals surface area contributed by atoms with E-state index in [-0.39, 0.29) is 24.5 Å². The minimum atomic E-state index is 0.0372. The van der Waals surface area contributed by atoms with Crippen molar-refractivity contribution in [3.8, 4) is 5.75 Å². The average molecular weight is 318 g/mol. The monoisotopic (exact) mass is 318 g/mol. The number of carbonyl (C=O) groups excluding carboxylic acids is 1. The molecule has 1 aliphatic heterocycles. The second-order valence-electron chi connectivity index (χ2n) is 5.96. The lowest BCUT2D eigenvalue weighted by atomic mass is 10.1. The minimum Gasteiger partial charge on any atom is -0.491 e. The maximum atomic E-state index is 12.0. The number of hydrogen-bond acceptors (Lipinski definition) is 3. The third-order valence-corrected chi connectivity index (χ3v) is 3.59. The molecule has 1 aromatic carbocycles. The van der Waals surface area contributed by atoms with Gasteiger partial charge in [-0.15, -0.1) is 0 Å². The van der Waals surface area contributed by atoms with Gasteiger partial charge in [-0.1, -0.05) is 0 Å². The number of hydrogen-bond donors (Lipinski definition) is 2. The Morgan fingerprint density at radius 2 is 1.91 bits per heavy atom. The highest BCUT2D eigenvalue weighted by Gasteiger charge is 2.15. The van der Waals surface area contributed by atoms with Crippen molar-refractivity contribution in [3.63, 3.8) is 0 Å². The maximum Gasteiger partial charge on any atom is 0.244 e. The predicted octanol–water partition coefficient (Wildman–Crippen LogP) is 2.21. The van der Waals surface area contributed by atoms with Gasteiger partial charge in [0.25, 0.3) is 0 Å². The van der Waals surface area contributed by atoms with E-state index in [4.69, 9.17) is 10.5 Å². The first kappa shape index (κ1) is 17.1. The average Bonchev–Trinajstić information content (AvgIpc) is 2.55. The molecule has 0 unspecified atom stereocenters. The van der Waals surface area contributed by atoms with Crippen molar-refractivity contribution >= 4 is 17.6 Å². The molecule has 23 heavy (non-hydrogen) atoms. The summed E-state index contributed by atoms with van der Waals surface area (Å²) in [5.74, 6) is 1.09. The van der Waals surface area contributed by atoms with Crippen molar-refractivity contribution in [3.05, 3.63) is 24.3 Å². The summed E-state index contributed by atoms with van der Waals surface area (Å²) in [5, 5.41) is 2.98. The highest BCUT2D eigenvalue weighted by Crippen LogP contribution is 2.16. The molecular weight excluding hydrogens is 292 g/mol. The van der Waals surface area contributed by atoms with Crippen LogP contribution in [-0.4, -0.2) is 42.5 Å². The second-order valence-corrected chi connectivity index (χ2v) is 5.96. The highest BCUT2D eigenvalue weighted by atomic mass is 16.5. The zero-order chi connectivity index (χ0) is 16.7. The molecule has 0 atom stereocenters. The molecule has 6 heteroatoms. The molecule has 0 spiro atoms. The van der Waals surface area contributed by atoms with Crippen LogP contribution < -0.4 is 15.8 Å². The smallest absolute Gasteiger partial charge is 0.244 e. The van der Waals surface area contributed by atoms with Crippen LogP contribution in [-0.2, 0) is 4.79 Å². The van der Waals surface area contributed by atoms with Crippen LogP contribution in [0.3, 0.4) is 0 Å². The number of benzene rings is 1. The van der Waals surface area contributed by atoms with Crippen LogP contribution in [0.25, 0.3) is 0 Å². The fraction of sp³-hybridized carbons (Fsp3) is 0.529.